The summed E-state index contributed by atoms with van der Waals surface area (Å²) in [5, 5.41) is 3.28. The van der Waals surface area contributed by atoms with Crippen LogP contribution in [0.1, 0.15) is 6.42 Å². The van der Waals surface area contributed by atoms with E-state index in [1.807, 2.05) is 42.3 Å². The van der Waals surface area contributed by atoms with Gasteiger partial charge in [0.1, 0.15) is 0 Å². The molecule has 1 fully saturated rings. The normalized spacial score (nSPS) is 19.2. The first-order valence-corrected chi connectivity index (χ1v) is 6.90. The van der Waals surface area contributed by atoms with Crippen molar-refractivity contribution in [3.63, 3.8) is 0 Å². The zero-order valence-corrected chi connectivity index (χ0v) is 10.9. The predicted molar refractivity (Wildman–Crippen MR) is 71.2 cm³/mol. The van der Waals surface area contributed by atoms with Crippen molar-refractivity contribution in [2.24, 2.45) is 0 Å². The fraction of sp³-hybridized carbons (Fsp3) is 0.462. The third-order valence-corrected chi connectivity index (χ3v) is 4.08. The summed E-state index contributed by atoms with van der Waals surface area (Å²) in [7, 11) is 1.91. The molecule has 1 N–H and O–H groups in total. The third-order valence-electron chi connectivity index (χ3n) is 3.08. The molecule has 2 rings (SSSR count). The molecule has 1 aromatic carbocycles. The van der Waals surface area contributed by atoms with Crippen molar-refractivity contribution < 1.29 is 4.79 Å². The number of nitrogens with zero attached hydrogens (tertiary/aromatic N) is 1. The van der Waals surface area contributed by atoms with Crippen molar-refractivity contribution in [2.75, 3.05) is 25.9 Å². The summed E-state index contributed by atoms with van der Waals surface area (Å²) in [4.78, 5) is 15.0. The summed E-state index contributed by atoms with van der Waals surface area (Å²) in [6, 6.07) is 10.4. The van der Waals surface area contributed by atoms with Crippen LogP contribution >= 0.6 is 11.8 Å². The van der Waals surface area contributed by atoms with E-state index in [4.69, 9.17) is 0 Å². The number of thioether (sulfide) groups is 1. The SMILES string of the molecule is CN(C(=O)CSc1ccccc1)C1CCNC1. The molecule has 0 radical (unpaired) electrons. The lowest BCUT2D eigenvalue weighted by Gasteiger charge is -2.23. The number of rotatable bonds is 4. The van der Waals surface area contributed by atoms with Crippen LogP contribution in [-0.4, -0.2) is 42.7 Å². The second kappa shape index (κ2) is 6.07. The molecule has 1 aromatic rings. The molecule has 0 aromatic heterocycles. The Kier molecular flexibility index (Phi) is 4.45. The van der Waals surface area contributed by atoms with E-state index in [-0.39, 0.29) is 5.91 Å². The molecule has 0 saturated carbocycles. The molecule has 0 bridgehead atoms. The van der Waals surface area contributed by atoms with Crippen LogP contribution < -0.4 is 5.32 Å². The van der Waals surface area contributed by atoms with E-state index in [0.717, 1.165) is 24.4 Å². The molecule has 1 aliphatic rings. The summed E-state index contributed by atoms with van der Waals surface area (Å²) in [5.41, 5.74) is 0. The Balaban J connectivity index is 1.80. The average molecular weight is 250 g/mol. The molecule has 0 spiro atoms. The summed E-state index contributed by atoms with van der Waals surface area (Å²) >= 11 is 1.60. The van der Waals surface area contributed by atoms with Crippen LogP contribution in [0.25, 0.3) is 0 Å². The van der Waals surface area contributed by atoms with Crippen LogP contribution in [0, 0.1) is 0 Å². The molecular formula is C13H18N2OS. The molecule has 92 valence electrons. The first kappa shape index (κ1) is 12.5. The molecule has 1 unspecified atom stereocenters. The van der Waals surface area contributed by atoms with Crippen molar-refractivity contribution in [1.82, 2.24) is 10.2 Å². The zero-order chi connectivity index (χ0) is 12.1. The van der Waals surface area contributed by atoms with E-state index >= 15 is 0 Å². The number of benzene rings is 1. The van der Waals surface area contributed by atoms with Crippen molar-refractivity contribution in [1.29, 1.82) is 0 Å². The highest BCUT2D eigenvalue weighted by molar-refractivity contribution is 8.00. The lowest BCUT2D eigenvalue weighted by atomic mass is 10.2. The van der Waals surface area contributed by atoms with Gasteiger partial charge in [-0.15, -0.1) is 11.8 Å². The highest BCUT2D eigenvalue weighted by atomic mass is 32.2. The Morgan fingerprint density at radius 2 is 2.24 bits per heavy atom. The van der Waals surface area contributed by atoms with Crippen LogP contribution in [0.4, 0.5) is 0 Å². The number of carbonyl (C=O) groups is 1. The fourth-order valence-electron chi connectivity index (χ4n) is 1.94. The molecule has 1 atom stereocenters. The number of hydrogen-bond donors (Lipinski definition) is 1. The summed E-state index contributed by atoms with van der Waals surface area (Å²) in [6.45, 7) is 1.95. The first-order valence-electron chi connectivity index (χ1n) is 5.91. The molecule has 17 heavy (non-hydrogen) atoms. The van der Waals surface area contributed by atoms with Gasteiger partial charge < -0.3 is 10.2 Å². The van der Waals surface area contributed by atoms with Crippen LogP contribution in [0.15, 0.2) is 35.2 Å². The summed E-state index contributed by atoms with van der Waals surface area (Å²) in [5.74, 6) is 0.740. The van der Waals surface area contributed by atoms with E-state index in [1.165, 1.54) is 0 Å². The molecule has 3 nitrogen and oxygen atoms in total. The highest BCUT2D eigenvalue weighted by Gasteiger charge is 2.22. The molecule has 1 heterocycles. The van der Waals surface area contributed by atoms with E-state index in [1.54, 1.807) is 11.8 Å². The van der Waals surface area contributed by atoms with Crippen LogP contribution in [0.2, 0.25) is 0 Å². The number of nitrogens with one attached hydrogen (secondary N) is 1. The Morgan fingerprint density at radius 1 is 1.47 bits per heavy atom. The molecule has 0 aliphatic carbocycles. The molecule has 1 aliphatic heterocycles. The minimum Gasteiger partial charge on any atom is -0.341 e. The smallest absolute Gasteiger partial charge is 0.232 e. The predicted octanol–water partition coefficient (Wildman–Crippen LogP) is 1.60. The van der Waals surface area contributed by atoms with E-state index < -0.39 is 0 Å². The maximum atomic E-state index is 12.0. The second-order valence-electron chi connectivity index (χ2n) is 4.25. The number of amides is 1. The Labute approximate surface area is 107 Å². The largest absolute Gasteiger partial charge is 0.341 e. The Morgan fingerprint density at radius 3 is 2.88 bits per heavy atom. The molecule has 1 saturated heterocycles. The summed E-state index contributed by atoms with van der Waals surface area (Å²) < 4.78 is 0. The van der Waals surface area contributed by atoms with Gasteiger partial charge in [-0.3, -0.25) is 4.79 Å². The van der Waals surface area contributed by atoms with Gasteiger partial charge >= 0.3 is 0 Å². The number of hydrogen-bond acceptors (Lipinski definition) is 3. The van der Waals surface area contributed by atoms with Gasteiger partial charge in [-0.25, -0.2) is 0 Å². The van der Waals surface area contributed by atoms with Gasteiger partial charge in [0.15, 0.2) is 0 Å². The van der Waals surface area contributed by atoms with E-state index in [2.05, 4.69) is 5.32 Å². The Hall–Kier alpha value is -1.00. The minimum absolute atomic E-state index is 0.215. The van der Waals surface area contributed by atoms with E-state index in [0.29, 0.717) is 11.8 Å². The standard InChI is InChI=1S/C13H18N2OS/c1-15(11-7-8-14-9-11)13(16)10-17-12-5-3-2-4-6-12/h2-6,11,14H,7-10H2,1H3. The minimum atomic E-state index is 0.215. The van der Waals surface area contributed by atoms with Gasteiger partial charge in [-0.05, 0) is 25.1 Å². The monoisotopic (exact) mass is 250 g/mol. The third kappa shape index (κ3) is 3.48. The van der Waals surface area contributed by atoms with Gasteiger partial charge in [0.05, 0.1) is 5.75 Å². The van der Waals surface area contributed by atoms with Crippen LogP contribution in [0.3, 0.4) is 0 Å². The maximum Gasteiger partial charge on any atom is 0.232 e. The number of carbonyl (C=O) groups excluding carboxylic acids is 1. The van der Waals surface area contributed by atoms with Crippen LogP contribution in [-0.2, 0) is 4.79 Å². The van der Waals surface area contributed by atoms with Gasteiger partial charge in [-0.2, -0.15) is 0 Å². The molecule has 1 amide bonds. The molecule has 4 heteroatoms. The zero-order valence-electron chi connectivity index (χ0n) is 10.1. The maximum absolute atomic E-state index is 12.0. The summed E-state index contributed by atoms with van der Waals surface area (Å²) in [6.07, 6.45) is 1.07. The number of likely N-dealkylation sites (N-methyl/N-ethyl adjacent to an activating group) is 1. The lowest BCUT2D eigenvalue weighted by molar-refractivity contribution is -0.128. The topological polar surface area (TPSA) is 32.3 Å². The van der Waals surface area contributed by atoms with Gasteiger partial charge in [0.25, 0.3) is 0 Å². The fourth-order valence-corrected chi connectivity index (χ4v) is 2.78. The lowest BCUT2D eigenvalue weighted by Crippen LogP contribution is -2.39. The van der Waals surface area contributed by atoms with Crippen molar-refractivity contribution >= 4 is 17.7 Å². The quantitative estimate of drug-likeness (QED) is 0.824. The first-order chi connectivity index (χ1) is 8.27. The molecular weight excluding hydrogens is 232 g/mol. The Bertz CT molecular complexity index is 363. The van der Waals surface area contributed by atoms with Crippen molar-refractivity contribution in [3.8, 4) is 0 Å². The second-order valence-corrected chi connectivity index (χ2v) is 5.30. The van der Waals surface area contributed by atoms with Crippen molar-refractivity contribution in [2.45, 2.75) is 17.4 Å². The van der Waals surface area contributed by atoms with Gasteiger partial charge in [-0.1, -0.05) is 18.2 Å². The van der Waals surface area contributed by atoms with Gasteiger partial charge in [0.2, 0.25) is 5.91 Å². The highest BCUT2D eigenvalue weighted by Crippen LogP contribution is 2.18. The van der Waals surface area contributed by atoms with E-state index in [9.17, 15) is 4.79 Å². The van der Waals surface area contributed by atoms with Crippen LogP contribution in [0.5, 0.6) is 0 Å². The van der Waals surface area contributed by atoms with Gasteiger partial charge in [0, 0.05) is 24.5 Å². The van der Waals surface area contributed by atoms with Crippen molar-refractivity contribution in [3.05, 3.63) is 30.3 Å². The average Bonchev–Trinajstić information content (AvgIpc) is 2.90.